The molecule has 15 heavy (non-hydrogen) atoms. The summed E-state index contributed by atoms with van der Waals surface area (Å²) in [6.45, 7) is 0. The van der Waals surface area contributed by atoms with E-state index in [0.717, 1.165) is 22.1 Å². The van der Waals surface area contributed by atoms with Gasteiger partial charge in [0.1, 0.15) is 0 Å². The lowest BCUT2D eigenvalue weighted by molar-refractivity contribution is 1.39. The molecule has 3 heteroatoms. The van der Waals surface area contributed by atoms with Crippen LogP contribution >= 0.6 is 0 Å². The first-order valence-electron chi connectivity index (χ1n) is 4.55. The first kappa shape index (κ1) is 10.3. The molecular formula is C12H10MgN2. The Kier molecular flexibility index (Phi) is 2.84. The van der Waals surface area contributed by atoms with Crippen molar-refractivity contribution in [1.29, 1.82) is 0 Å². The Morgan fingerprint density at radius 1 is 0.533 bits per heavy atom. The number of rotatable bonds is 0. The zero-order valence-electron chi connectivity index (χ0n) is 7.51. The number of hydrogen-bond donors (Lipinski definition) is 0. The third-order valence-corrected chi connectivity index (χ3v) is 2.25. The highest BCUT2D eigenvalue weighted by molar-refractivity contribution is 5.85. The van der Waals surface area contributed by atoms with Gasteiger partial charge in [-0.05, 0) is 24.3 Å². The van der Waals surface area contributed by atoms with Crippen molar-refractivity contribution in [2.75, 3.05) is 0 Å². The number of fused-ring (bicyclic) bond motifs is 2. The van der Waals surface area contributed by atoms with E-state index in [2.05, 4.69) is 9.97 Å². The van der Waals surface area contributed by atoms with E-state index in [-0.39, 0.29) is 23.1 Å². The number of aromatic nitrogens is 2. The molecule has 3 rings (SSSR count). The molecule has 0 aliphatic rings. The number of para-hydroxylation sites is 4. The average Bonchev–Trinajstić information content (AvgIpc) is 2.26. The topological polar surface area (TPSA) is 25.8 Å². The highest BCUT2D eigenvalue weighted by atomic mass is 24.3. The molecule has 70 valence electrons. The summed E-state index contributed by atoms with van der Waals surface area (Å²) in [5.41, 5.74) is 3.80. The zero-order valence-corrected chi connectivity index (χ0v) is 7.51. The number of hydrogen-bond acceptors (Lipinski definition) is 2. The van der Waals surface area contributed by atoms with Crippen LogP contribution in [-0.2, 0) is 0 Å². The molecule has 2 nitrogen and oxygen atoms in total. The van der Waals surface area contributed by atoms with E-state index in [4.69, 9.17) is 0 Å². The summed E-state index contributed by atoms with van der Waals surface area (Å²) in [5.74, 6) is 0. The summed E-state index contributed by atoms with van der Waals surface area (Å²) in [7, 11) is 0. The maximum absolute atomic E-state index is 4.52. The van der Waals surface area contributed by atoms with Crippen LogP contribution in [0.4, 0.5) is 0 Å². The summed E-state index contributed by atoms with van der Waals surface area (Å²) in [6, 6.07) is 15.8. The Hall–Kier alpha value is -1.19. The molecule has 0 saturated heterocycles. The van der Waals surface area contributed by atoms with Gasteiger partial charge < -0.3 is 0 Å². The van der Waals surface area contributed by atoms with E-state index in [9.17, 15) is 0 Å². The van der Waals surface area contributed by atoms with Crippen molar-refractivity contribution >= 4 is 45.1 Å². The van der Waals surface area contributed by atoms with E-state index in [1.165, 1.54) is 0 Å². The predicted octanol–water partition coefficient (Wildman–Crippen LogP) is 1.87. The van der Waals surface area contributed by atoms with Crippen molar-refractivity contribution in [1.82, 2.24) is 9.97 Å². The fourth-order valence-electron chi connectivity index (χ4n) is 1.57. The second-order valence-electron chi connectivity index (χ2n) is 3.20. The standard InChI is InChI=1S/C12H8N2.Mg.2H/c1-2-6-10-9(5-1)13-11-7-3-4-8-12(11)14-10;;;/h1-8H;;;. The monoisotopic (exact) mass is 206 g/mol. The quantitative estimate of drug-likeness (QED) is 0.415. The molecule has 0 bridgehead atoms. The molecule has 0 saturated carbocycles. The first-order valence-corrected chi connectivity index (χ1v) is 4.55. The SMILES string of the molecule is [MgH2].c1ccc2nc3ccccc3nc2c1. The lowest BCUT2D eigenvalue weighted by Gasteiger charge is -1.98. The summed E-state index contributed by atoms with van der Waals surface area (Å²) in [4.78, 5) is 9.03. The fourth-order valence-corrected chi connectivity index (χ4v) is 1.57. The van der Waals surface area contributed by atoms with E-state index >= 15 is 0 Å². The van der Waals surface area contributed by atoms with Gasteiger partial charge in [0.15, 0.2) is 0 Å². The number of benzene rings is 2. The highest BCUT2D eigenvalue weighted by Crippen LogP contribution is 2.14. The van der Waals surface area contributed by atoms with E-state index < -0.39 is 0 Å². The summed E-state index contributed by atoms with van der Waals surface area (Å²) in [5, 5.41) is 0. The van der Waals surface area contributed by atoms with Gasteiger partial charge in [-0.25, -0.2) is 9.97 Å². The Morgan fingerprint density at radius 2 is 0.800 bits per heavy atom. The summed E-state index contributed by atoms with van der Waals surface area (Å²) in [6.07, 6.45) is 0. The molecule has 0 spiro atoms. The number of nitrogens with zero attached hydrogens (tertiary/aromatic N) is 2. The Morgan fingerprint density at radius 3 is 1.07 bits per heavy atom. The van der Waals surface area contributed by atoms with Gasteiger partial charge in [-0.1, -0.05) is 24.3 Å². The third kappa shape index (κ3) is 1.80. The van der Waals surface area contributed by atoms with Gasteiger partial charge in [-0.15, -0.1) is 0 Å². The largest absolute Gasteiger partial charge is 0.316 e. The molecule has 1 aromatic heterocycles. The minimum Gasteiger partial charge on any atom is -0.245 e. The lowest BCUT2D eigenvalue weighted by Crippen LogP contribution is -1.85. The van der Waals surface area contributed by atoms with Crippen LogP contribution in [-0.4, -0.2) is 33.0 Å². The van der Waals surface area contributed by atoms with Crippen LogP contribution in [0.25, 0.3) is 22.1 Å². The minimum atomic E-state index is 0. The van der Waals surface area contributed by atoms with Crippen molar-refractivity contribution in [3.63, 3.8) is 0 Å². The third-order valence-electron chi connectivity index (χ3n) is 2.25. The highest BCUT2D eigenvalue weighted by Gasteiger charge is 1.98. The molecule has 0 radical (unpaired) electrons. The minimum absolute atomic E-state index is 0. The Balaban J connectivity index is 0.000000853. The van der Waals surface area contributed by atoms with Gasteiger partial charge >= 0.3 is 23.1 Å². The maximum Gasteiger partial charge on any atom is 0.316 e. The second-order valence-corrected chi connectivity index (χ2v) is 3.20. The van der Waals surface area contributed by atoms with Crippen molar-refractivity contribution in [3.05, 3.63) is 48.5 Å². The van der Waals surface area contributed by atoms with Crippen LogP contribution in [0.2, 0.25) is 0 Å². The van der Waals surface area contributed by atoms with Crippen LogP contribution in [0.3, 0.4) is 0 Å². The molecule has 0 unspecified atom stereocenters. The molecule has 0 aliphatic carbocycles. The van der Waals surface area contributed by atoms with E-state index in [1.807, 2.05) is 48.5 Å². The molecular weight excluding hydrogens is 196 g/mol. The molecule has 2 aromatic carbocycles. The lowest BCUT2D eigenvalue weighted by atomic mass is 10.2. The van der Waals surface area contributed by atoms with E-state index in [0.29, 0.717) is 0 Å². The maximum atomic E-state index is 4.52. The van der Waals surface area contributed by atoms with Gasteiger partial charge in [0.25, 0.3) is 0 Å². The molecule has 3 aromatic rings. The van der Waals surface area contributed by atoms with Gasteiger partial charge in [-0.2, -0.15) is 0 Å². The Labute approximate surface area is 104 Å². The molecule has 0 atom stereocenters. The van der Waals surface area contributed by atoms with Gasteiger partial charge in [0.2, 0.25) is 0 Å². The molecule has 0 fully saturated rings. The molecule has 0 aliphatic heterocycles. The molecule has 0 N–H and O–H groups in total. The van der Waals surface area contributed by atoms with Crippen molar-refractivity contribution in [2.24, 2.45) is 0 Å². The van der Waals surface area contributed by atoms with Crippen LogP contribution in [0, 0.1) is 0 Å². The van der Waals surface area contributed by atoms with Crippen molar-refractivity contribution in [3.8, 4) is 0 Å². The van der Waals surface area contributed by atoms with Crippen LogP contribution in [0.1, 0.15) is 0 Å². The molecule has 0 amide bonds. The zero-order chi connectivity index (χ0) is 9.38. The van der Waals surface area contributed by atoms with Crippen LogP contribution in [0.15, 0.2) is 48.5 Å². The predicted molar refractivity (Wildman–Crippen MR) is 65.6 cm³/mol. The first-order chi connectivity index (χ1) is 6.93. The molecule has 1 heterocycles. The van der Waals surface area contributed by atoms with Gasteiger partial charge in [0.05, 0.1) is 22.1 Å². The average molecular weight is 207 g/mol. The van der Waals surface area contributed by atoms with Crippen molar-refractivity contribution < 1.29 is 0 Å². The van der Waals surface area contributed by atoms with Crippen molar-refractivity contribution in [2.45, 2.75) is 0 Å². The smallest absolute Gasteiger partial charge is 0.245 e. The summed E-state index contributed by atoms with van der Waals surface area (Å²) < 4.78 is 0. The van der Waals surface area contributed by atoms with Crippen LogP contribution < -0.4 is 0 Å². The van der Waals surface area contributed by atoms with E-state index in [1.54, 1.807) is 0 Å². The van der Waals surface area contributed by atoms with Gasteiger partial charge in [0, 0.05) is 0 Å². The summed E-state index contributed by atoms with van der Waals surface area (Å²) >= 11 is 0. The normalized spacial score (nSPS) is 10.1. The second kappa shape index (κ2) is 4.12. The van der Waals surface area contributed by atoms with Gasteiger partial charge in [-0.3, -0.25) is 0 Å². The fraction of sp³-hybridized carbons (Fsp3) is 0. The van der Waals surface area contributed by atoms with Crippen LogP contribution in [0.5, 0.6) is 0 Å². The Bertz CT molecular complexity index is 502.